The Morgan fingerprint density at radius 1 is 0.933 bits per heavy atom. The Morgan fingerprint density at radius 3 is 2.37 bits per heavy atom. The van der Waals surface area contributed by atoms with Gasteiger partial charge in [0.05, 0.1) is 5.69 Å². The lowest BCUT2D eigenvalue weighted by atomic mass is 9.96. The number of ether oxygens (including phenoxy) is 1. The summed E-state index contributed by atoms with van der Waals surface area (Å²) in [5.74, 6) is 1.28. The Hall–Kier alpha value is -3.29. The average Bonchev–Trinajstić information content (AvgIpc) is 2.76. The van der Waals surface area contributed by atoms with Gasteiger partial charge in [-0.2, -0.15) is 13.8 Å². The van der Waals surface area contributed by atoms with E-state index in [1.165, 1.54) is 31.4 Å². The van der Waals surface area contributed by atoms with E-state index in [9.17, 15) is 8.78 Å². The molecule has 0 bridgehead atoms. The van der Waals surface area contributed by atoms with Gasteiger partial charge in [-0.05, 0) is 49.2 Å². The lowest BCUT2D eigenvalue weighted by Gasteiger charge is -2.23. The van der Waals surface area contributed by atoms with Crippen molar-refractivity contribution >= 4 is 17.5 Å². The summed E-state index contributed by atoms with van der Waals surface area (Å²) in [6.45, 7) is -2.85. The number of anilines is 3. The topological polar surface area (TPSA) is 72.0 Å². The number of pyridine rings is 1. The first-order valence-corrected chi connectivity index (χ1v) is 10.0. The number of halogens is 2. The maximum Gasteiger partial charge on any atom is 0.387 e. The van der Waals surface area contributed by atoms with Crippen LogP contribution in [0.5, 0.6) is 5.75 Å². The van der Waals surface area contributed by atoms with Gasteiger partial charge in [-0.1, -0.05) is 19.3 Å². The maximum absolute atomic E-state index is 12.3. The molecule has 0 aliphatic heterocycles. The predicted octanol–water partition coefficient (Wildman–Crippen LogP) is 5.63. The van der Waals surface area contributed by atoms with Crippen molar-refractivity contribution in [2.45, 2.75) is 44.8 Å². The number of nitrogens with zero attached hydrogens (tertiary/aromatic N) is 3. The summed E-state index contributed by atoms with van der Waals surface area (Å²) >= 11 is 0. The zero-order valence-electron chi connectivity index (χ0n) is 16.4. The van der Waals surface area contributed by atoms with Crippen molar-refractivity contribution < 1.29 is 13.5 Å². The van der Waals surface area contributed by atoms with Crippen LogP contribution in [0.2, 0.25) is 0 Å². The molecule has 2 N–H and O–H groups in total. The third-order valence-corrected chi connectivity index (χ3v) is 4.99. The minimum Gasteiger partial charge on any atom is -0.435 e. The highest BCUT2D eigenvalue weighted by Crippen LogP contribution is 2.26. The molecule has 0 saturated heterocycles. The fraction of sp³-hybridized carbons (Fsp3) is 0.318. The summed E-state index contributed by atoms with van der Waals surface area (Å²) in [5, 5.41) is 6.69. The highest BCUT2D eigenvalue weighted by Gasteiger charge is 2.16. The first kappa shape index (κ1) is 20.0. The quantitative estimate of drug-likeness (QED) is 0.525. The summed E-state index contributed by atoms with van der Waals surface area (Å²) in [7, 11) is 0. The summed E-state index contributed by atoms with van der Waals surface area (Å²) in [6.07, 6.45) is 9.35. The van der Waals surface area contributed by atoms with Crippen molar-refractivity contribution in [3.63, 3.8) is 0 Å². The SMILES string of the molecule is FC(F)Oc1ccc(Nc2cc(-c3ccncc3)nc(NC3CCCCC3)n2)cc1. The molecule has 30 heavy (non-hydrogen) atoms. The minimum atomic E-state index is -2.85. The maximum atomic E-state index is 12.3. The Kier molecular flexibility index (Phi) is 6.32. The van der Waals surface area contributed by atoms with Crippen LogP contribution in [0.1, 0.15) is 32.1 Å². The molecule has 1 saturated carbocycles. The van der Waals surface area contributed by atoms with E-state index < -0.39 is 6.61 Å². The molecule has 3 aromatic rings. The summed E-state index contributed by atoms with van der Waals surface area (Å²) < 4.78 is 29.1. The number of alkyl halides is 2. The van der Waals surface area contributed by atoms with Crippen LogP contribution in [0.3, 0.4) is 0 Å². The Bertz CT molecular complexity index is 948. The van der Waals surface area contributed by atoms with Gasteiger partial charge in [0.25, 0.3) is 0 Å². The van der Waals surface area contributed by atoms with Crippen molar-refractivity contribution in [3.8, 4) is 17.0 Å². The Morgan fingerprint density at radius 2 is 1.67 bits per heavy atom. The van der Waals surface area contributed by atoms with Crippen LogP contribution in [-0.2, 0) is 0 Å². The highest BCUT2D eigenvalue weighted by atomic mass is 19.3. The van der Waals surface area contributed by atoms with Crippen molar-refractivity contribution in [2.24, 2.45) is 0 Å². The van der Waals surface area contributed by atoms with Gasteiger partial charge >= 0.3 is 6.61 Å². The van der Waals surface area contributed by atoms with Crippen molar-refractivity contribution in [2.75, 3.05) is 10.6 Å². The van der Waals surface area contributed by atoms with E-state index >= 15 is 0 Å². The summed E-state index contributed by atoms with van der Waals surface area (Å²) in [4.78, 5) is 13.4. The normalized spacial score (nSPS) is 14.5. The van der Waals surface area contributed by atoms with E-state index in [0.717, 1.165) is 24.1 Å². The highest BCUT2D eigenvalue weighted by molar-refractivity contribution is 5.67. The molecule has 0 radical (unpaired) electrons. The molecule has 156 valence electrons. The van der Waals surface area contributed by atoms with Gasteiger partial charge in [0.15, 0.2) is 0 Å². The van der Waals surface area contributed by atoms with Gasteiger partial charge in [-0.25, -0.2) is 4.98 Å². The third-order valence-electron chi connectivity index (χ3n) is 4.99. The second-order valence-electron chi connectivity index (χ2n) is 7.21. The van der Waals surface area contributed by atoms with Crippen molar-refractivity contribution in [1.29, 1.82) is 0 Å². The lowest BCUT2D eigenvalue weighted by molar-refractivity contribution is -0.0498. The Balaban J connectivity index is 1.58. The van der Waals surface area contributed by atoms with Gasteiger partial charge in [0, 0.05) is 35.8 Å². The van der Waals surface area contributed by atoms with Crippen molar-refractivity contribution in [1.82, 2.24) is 15.0 Å². The molecule has 0 spiro atoms. The van der Waals surface area contributed by atoms with Crippen LogP contribution in [0, 0.1) is 0 Å². The first-order chi connectivity index (χ1) is 14.7. The molecule has 1 aromatic carbocycles. The number of hydrogen-bond donors (Lipinski definition) is 2. The monoisotopic (exact) mass is 411 g/mol. The molecule has 0 amide bonds. The zero-order chi connectivity index (χ0) is 20.8. The van der Waals surface area contributed by atoms with Crippen molar-refractivity contribution in [3.05, 3.63) is 54.9 Å². The Labute approximate surface area is 173 Å². The standard InChI is InChI=1S/C22H23F2N5O/c23-21(24)30-18-8-6-17(7-9-18)26-20-14-19(15-10-12-25-13-11-15)28-22(29-20)27-16-4-2-1-3-5-16/h6-14,16,21H,1-5H2,(H2,26,27,28,29). The van der Waals surface area contributed by atoms with Crippen LogP contribution in [0.15, 0.2) is 54.9 Å². The molecule has 8 heteroatoms. The third kappa shape index (κ3) is 5.40. The zero-order valence-corrected chi connectivity index (χ0v) is 16.4. The number of aromatic nitrogens is 3. The summed E-state index contributed by atoms with van der Waals surface area (Å²) in [6, 6.07) is 12.3. The molecular formula is C22H23F2N5O. The van der Waals surface area contributed by atoms with Gasteiger partial charge in [0.2, 0.25) is 5.95 Å². The van der Waals surface area contributed by atoms with E-state index in [1.807, 2.05) is 18.2 Å². The fourth-order valence-electron chi connectivity index (χ4n) is 3.54. The molecule has 1 aliphatic carbocycles. The molecule has 6 nitrogen and oxygen atoms in total. The van der Waals surface area contributed by atoms with Crippen LogP contribution in [0.25, 0.3) is 11.3 Å². The largest absolute Gasteiger partial charge is 0.435 e. The fourth-order valence-corrected chi connectivity index (χ4v) is 3.54. The number of benzene rings is 1. The average molecular weight is 411 g/mol. The molecule has 2 aromatic heterocycles. The molecule has 4 rings (SSSR count). The summed E-state index contributed by atoms with van der Waals surface area (Å²) in [5.41, 5.74) is 2.41. The lowest BCUT2D eigenvalue weighted by Crippen LogP contribution is -2.23. The van der Waals surface area contributed by atoms with E-state index in [0.29, 0.717) is 23.5 Å². The molecule has 1 aliphatic rings. The number of nitrogens with one attached hydrogen (secondary N) is 2. The number of hydrogen-bond acceptors (Lipinski definition) is 6. The molecule has 0 unspecified atom stereocenters. The molecule has 2 heterocycles. The predicted molar refractivity (Wildman–Crippen MR) is 112 cm³/mol. The van der Waals surface area contributed by atoms with Gasteiger partial charge < -0.3 is 15.4 Å². The van der Waals surface area contributed by atoms with E-state index in [2.05, 4.69) is 25.3 Å². The van der Waals surface area contributed by atoms with Gasteiger partial charge in [0.1, 0.15) is 11.6 Å². The van der Waals surface area contributed by atoms with Crippen LogP contribution in [-0.4, -0.2) is 27.6 Å². The number of rotatable bonds is 7. The van der Waals surface area contributed by atoms with E-state index in [1.54, 1.807) is 24.5 Å². The van der Waals surface area contributed by atoms with E-state index in [-0.39, 0.29) is 5.75 Å². The molecule has 0 atom stereocenters. The second kappa shape index (κ2) is 9.47. The smallest absolute Gasteiger partial charge is 0.387 e. The van der Waals surface area contributed by atoms with Gasteiger partial charge in [-0.15, -0.1) is 0 Å². The van der Waals surface area contributed by atoms with E-state index in [4.69, 9.17) is 4.98 Å². The van der Waals surface area contributed by atoms with Crippen LogP contribution in [0.4, 0.5) is 26.2 Å². The molecule has 1 fully saturated rings. The van der Waals surface area contributed by atoms with Crippen LogP contribution < -0.4 is 15.4 Å². The van der Waals surface area contributed by atoms with Crippen LogP contribution >= 0.6 is 0 Å². The minimum absolute atomic E-state index is 0.107. The second-order valence-corrected chi connectivity index (χ2v) is 7.21. The first-order valence-electron chi connectivity index (χ1n) is 10.0. The van der Waals surface area contributed by atoms with Gasteiger partial charge in [-0.3, -0.25) is 4.98 Å². The molecular weight excluding hydrogens is 388 g/mol.